The third-order valence-electron chi connectivity index (χ3n) is 6.19. The average molecular weight is 458 g/mol. The molecule has 0 unspecified atom stereocenters. The van der Waals surface area contributed by atoms with Crippen molar-refractivity contribution < 1.29 is 19.1 Å². The number of anilines is 1. The highest BCUT2D eigenvalue weighted by Crippen LogP contribution is 2.22. The zero-order valence-electron chi connectivity index (χ0n) is 19.9. The minimum absolute atomic E-state index is 0.0784. The van der Waals surface area contributed by atoms with E-state index in [1.165, 1.54) is 6.26 Å². The van der Waals surface area contributed by atoms with Gasteiger partial charge in [0.25, 0.3) is 5.91 Å². The van der Waals surface area contributed by atoms with Crippen LogP contribution in [-0.4, -0.2) is 102 Å². The Morgan fingerprint density at radius 1 is 1.09 bits per heavy atom. The molecule has 2 saturated heterocycles. The molecule has 0 radical (unpaired) electrons. The lowest BCUT2D eigenvalue weighted by Crippen LogP contribution is -2.50. The van der Waals surface area contributed by atoms with Gasteiger partial charge in [-0.05, 0) is 26.0 Å². The summed E-state index contributed by atoms with van der Waals surface area (Å²) in [5.74, 6) is 1.33. The Balaban J connectivity index is 1.26. The van der Waals surface area contributed by atoms with Crippen molar-refractivity contribution >= 4 is 11.6 Å². The summed E-state index contributed by atoms with van der Waals surface area (Å²) < 4.78 is 10.9. The number of piperazine rings is 2. The van der Waals surface area contributed by atoms with Crippen molar-refractivity contribution in [2.75, 3.05) is 70.9 Å². The lowest BCUT2D eigenvalue weighted by atomic mass is 10.1. The number of hydrogen-bond donors (Lipinski definition) is 1. The van der Waals surface area contributed by atoms with Crippen molar-refractivity contribution in [3.05, 3.63) is 42.1 Å². The minimum atomic E-state index is -0.681. The second-order valence-electron chi connectivity index (χ2n) is 9.47. The van der Waals surface area contributed by atoms with Crippen molar-refractivity contribution in [2.45, 2.75) is 26.0 Å². The van der Waals surface area contributed by atoms with Crippen LogP contribution in [0.2, 0.25) is 0 Å². The van der Waals surface area contributed by atoms with Crippen molar-refractivity contribution in [3.63, 3.8) is 0 Å². The summed E-state index contributed by atoms with van der Waals surface area (Å²) in [4.78, 5) is 26.1. The molecule has 1 aromatic heterocycles. The molecule has 1 aromatic carbocycles. The van der Waals surface area contributed by atoms with E-state index in [1.807, 2.05) is 36.9 Å². The van der Waals surface area contributed by atoms with Gasteiger partial charge in [0.1, 0.15) is 12.0 Å². The maximum Gasteiger partial charge on any atom is 0.275 e. The summed E-state index contributed by atoms with van der Waals surface area (Å²) in [5.41, 5.74) is 0.799. The maximum atomic E-state index is 12.9. The number of carbonyl (C=O) groups excluding carboxylic acids is 1. The summed E-state index contributed by atoms with van der Waals surface area (Å²) in [6, 6.07) is 8.00. The number of aromatic nitrogens is 1. The molecule has 0 spiro atoms. The van der Waals surface area contributed by atoms with Crippen LogP contribution in [0.3, 0.4) is 0 Å². The smallest absolute Gasteiger partial charge is 0.275 e. The number of methoxy groups -OCH3 is 1. The van der Waals surface area contributed by atoms with Crippen LogP contribution < -0.4 is 9.64 Å². The Hall–Kier alpha value is -2.62. The first-order valence-electron chi connectivity index (χ1n) is 11.6. The molecule has 2 aromatic rings. The summed E-state index contributed by atoms with van der Waals surface area (Å²) in [5, 5.41) is 10.0. The number of ether oxygens (including phenoxy) is 1. The third-order valence-corrected chi connectivity index (χ3v) is 6.19. The average Bonchev–Trinajstić information content (AvgIpc) is 3.27. The number of aliphatic hydroxyl groups is 1. The van der Waals surface area contributed by atoms with Crippen molar-refractivity contribution in [1.82, 2.24) is 19.7 Å². The largest absolute Gasteiger partial charge is 0.497 e. The molecule has 33 heavy (non-hydrogen) atoms. The summed E-state index contributed by atoms with van der Waals surface area (Å²) in [6.07, 6.45) is 1.48. The number of β-amino-alcohol motifs (C(OH)–C–C–N with tert-alkyl or cyclic N) is 1. The van der Waals surface area contributed by atoms with Gasteiger partial charge in [0.15, 0.2) is 5.69 Å². The molecule has 0 bridgehead atoms. The summed E-state index contributed by atoms with van der Waals surface area (Å²) in [6.45, 7) is 11.3. The van der Waals surface area contributed by atoms with Crippen molar-refractivity contribution in [1.29, 1.82) is 0 Å². The molecule has 2 fully saturated rings. The molecule has 3 heterocycles. The molecule has 2 aliphatic heterocycles. The number of hydrogen-bond acceptors (Lipinski definition) is 8. The molecule has 4 rings (SSSR count). The predicted octanol–water partition coefficient (Wildman–Crippen LogP) is 1.53. The normalized spacial score (nSPS) is 18.5. The molecule has 180 valence electrons. The summed E-state index contributed by atoms with van der Waals surface area (Å²) >= 11 is 0. The molecule has 2 aliphatic rings. The van der Waals surface area contributed by atoms with E-state index in [9.17, 15) is 9.90 Å². The van der Waals surface area contributed by atoms with Crippen LogP contribution in [0.5, 0.6) is 5.75 Å². The number of amides is 1. The number of oxazole rings is 1. The molecule has 9 nitrogen and oxygen atoms in total. The highest BCUT2D eigenvalue weighted by molar-refractivity contribution is 5.92. The SMILES string of the molecule is COc1cccc(N2CCN(C(=O)c3coc(CN4CCN(CC(C)(C)O)CC4)n3)CC2)c1. The van der Waals surface area contributed by atoms with Crippen LogP contribution >= 0.6 is 0 Å². The Bertz CT molecular complexity index is 925. The first-order chi connectivity index (χ1) is 15.8. The minimum Gasteiger partial charge on any atom is -0.497 e. The van der Waals surface area contributed by atoms with Crippen LogP contribution in [0.25, 0.3) is 0 Å². The first-order valence-corrected chi connectivity index (χ1v) is 11.6. The van der Waals surface area contributed by atoms with Crippen LogP contribution in [0.4, 0.5) is 5.69 Å². The van der Waals surface area contributed by atoms with E-state index in [0.717, 1.165) is 50.7 Å². The van der Waals surface area contributed by atoms with E-state index in [-0.39, 0.29) is 5.91 Å². The molecular formula is C24H35N5O4. The maximum absolute atomic E-state index is 12.9. The quantitative estimate of drug-likeness (QED) is 0.670. The van der Waals surface area contributed by atoms with Gasteiger partial charge in [-0.2, -0.15) is 0 Å². The Morgan fingerprint density at radius 3 is 2.45 bits per heavy atom. The van der Waals surface area contributed by atoms with Crippen LogP contribution in [-0.2, 0) is 6.54 Å². The number of benzene rings is 1. The topological polar surface area (TPSA) is 85.5 Å². The highest BCUT2D eigenvalue weighted by Gasteiger charge is 2.26. The predicted molar refractivity (Wildman–Crippen MR) is 126 cm³/mol. The second kappa shape index (κ2) is 10.1. The van der Waals surface area contributed by atoms with Crippen LogP contribution in [0, 0.1) is 0 Å². The van der Waals surface area contributed by atoms with Gasteiger partial charge < -0.3 is 24.1 Å². The van der Waals surface area contributed by atoms with Gasteiger partial charge in [-0.3, -0.25) is 14.6 Å². The molecule has 0 atom stereocenters. The number of rotatable bonds is 7. The van der Waals surface area contributed by atoms with E-state index in [2.05, 4.69) is 25.8 Å². The van der Waals surface area contributed by atoms with E-state index < -0.39 is 5.60 Å². The standard InChI is InChI=1S/C24H35N5O4/c1-24(2,31)18-27-9-7-26(8-10-27)16-22-25-21(17-33-22)23(30)29-13-11-28(12-14-29)19-5-4-6-20(15-19)32-3/h4-6,15,17,31H,7-14,16,18H2,1-3H3. The lowest BCUT2D eigenvalue weighted by Gasteiger charge is -2.36. The van der Waals surface area contributed by atoms with Crippen molar-refractivity contribution in [3.8, 4) is 5.75 Å². The molecular weight excluding hydrogens is 422 g/mol. The Kier molecular flexibility index (Phi) is 7.21. The fraction of sp³-hybridized carbons (Fsp3) is 0.583. The van der Waals surface area contributed by atoms with Gasteiger partial charge >= 0.3 is 0 Å². The third kappa shape index (κ3) is 6.25. The molecule has 1 amide bonds. The van der Waals surface area contributed by atoms with Gasteiger partial charge in [0.05, 0.1) is 19.3 Å². The molecule has 0 saturated carbocycles. The Morgan fingerprint density at radius 2 is 1.79 bits per heavy atom. The second-order valence-corrected chi connectivity index (χ2v) is 9.47. The van der Waals surface area contributed by atoms with Crippen LogP contribution in [0.1, 0.15) is 30.2 Å². The van der Waals surface area contributed by atoms with E-state index in [0.29, 0.717) is 37.8 Å². The fourth-order valence-corrected chi connectivity index (χ4v) is 4.46. The number of nitrogens with zero attached hydrogens (tertiary/aromatic N) is 5. The van der Waals surface area contributed by atoms with E-state index >= 15 is 0 Å². The molecule has 1 N–H and O–H groups in total. The van der Waals surface area contributed by atoms with Gasteiger partial charge in [0.2, 0.25) is 5.89 Å². The number of carbonyl (C=O) groups is 1. The fourth-order valence-electron chi connectivity index (χ4n) is 4.46. The van der Waals surface area contributed by atoms with Crippen molar-refractivity contribution in [2.24, 2.45) is 0 Å². The van der Waals surface area contributed by atoms with Gasteiger partial charge in [-0.1, -0.05) is 6.07 Å². The van der Waals surface area contributed by atoms with E-state index in [1.54, 1.807) is 7.11 Å². The van der Waals surface area contributed by atoms with Gasteiger partial charge in [0, 0.05) is 70.7 Å². The zero-order chi connectivity index (χ0) is 23.4. The van der Waals surface area contributed by atoms with Crippen LogP contribution in [0.15, 0.2) is 34.9 Å². The zero-order valence-corrected chi connectivity index (χ0v) is 19.9. The first kappa shape index (κ1) is 23.5. The Labute approximate surface area is 195 Å². The molecule has 9 heteroatoms. The highest BCUT2D eigenvalue weighted by atomic mass is 16.5. The van der Waals surface area contributed by atoms with E-state index in [4.69, 9.17) is 9.15 Å². The van der Waals surface area contributed by atoms with Gasteiger partial charge in [-0.15, -0.1) is 0 Å². The molecule has 0 aliphatic carbocycles. The summed E-state index contributed by atoms with van der Waals surface area (Å²) in [7, 11) is 1.67. The lowest BCUT2D eigenvalue weighted by molar-refractivity contribution is 0.0156. The monoisotopic (exact) mass is 457 g/mol. The van der Waals surface area contributed by atoms with Gasteiger partial charge in [-0.25, -0.2) is 4.98 Å².